The fraction of sp³-hybridized carbons (Fsp3) is 0.500. The van der Waals surface area contributed by atoms with Crippen molar-refractivity contribution >= 4 is 5.82 Å². The first-order valence-electron chi connectivity index (χ1n) is 4.68. The van der Waals surface area contributed by atoms with Gasteiger partial charge in [-0.05, 0) is 19.1 Å². The molecule has 3 heteroatoms. The van der Waals surface area contributed by atoms with Crippen LogP contribution in [-0.4, -0.2) is 31.2 Å². The van der Waals surface area contributed by atoms with Crippen LogP contribution in [0.4, 0.5) is 5.82 Å². The largest absolute Gasteiger partial charge is 0.354 e. The molecule has 13 heavy (non-hydrogen) atoms. The molecular formula is C10H14N3. The second kappa shape index (κ2) is 3.75. The summed E-state index contributed by atoms with van der Waals surface area (Å²) in [7, 11) is 0. The quantitative estimate of drug-likeness (QED) is 0.634. The lowest BCUT2D eigenvalue weighted by Gasteiger charge is -2.27. The van der Waals surface area contributed by atoms with E-state index in [-0.39, 0.29) is 0 Å². The lowest BCUT2D eigenvalue weighted by atomic mass is 10.3. The number of nitrogens with zero attached hydrogens (tertiary/aromatic N) is 3. The van der Waals surface area contributed by atoms with E-state index in [9.17, 15) is 0 Å². The molecule has 0 aliphatic carbocycles. The highest BCUT2D eigenvalue weighted by molar-refractivity contribution is 5.39. The highest BCUT2D eigenvalue weighted by Gasteiger charge is 2.11. The molecule has 69 valence electrons. The second-order valence-corrected chi connectivity index (χ2v) is 3.30. The van der Waals surface area contributed by atoms with Crippen LogP contribution in [0.3, 0.4) is 0 Å². The summed E-state index contributed by atoms with van der Waals surface area (Å²) in [5.74, 6) is 1.09. The first-order valence-corrected chi connectivity index (χ1v) is 4.68. The van der Waals surface area contributed by atoms with Crippen molar-refractivity contribution < 1.29 is 0 Å². The summed E-state index contributed by atoms with van der Waals surface area (Å²) < 4.78 is 0. The third kappa shape index (κ3) is 1.98. The fourth-order valence-electron chi connectivity index (χ4n) is 1.54. The van der Waals surface area contributed by atoms with E-state index in [1.165, 1.54) is 0 Å². The number of aromatic nitrogens is 1. The lowest BCUT2D eigenvalue weighted by Crippen LogP contribution is -2.40. The van der Waals surface area contributed by atoms with E-state index < -0.39 is 0 Å². The van der Waals surface area contributed by atoms with Crippen molar-refractivity contribution in [3.8, 4) is 0 Å². The molecule has 2 rings (SSSR count). The zero-order chi connectivity index (χ0) is 9.10. The van der Waals surface area contributed by atoms with E-state index in [1.54, 1.807) is 0 Å². The van der Waals surface area contributed by atoms with Crippen LogP contribution < -0.4 is 10.2 Å². The van der Waals surface area contributed by atoms with Gasteiger partial charge in [0.25, 0.3) is 0 Å². The molecule has 1 aromatic rings. The maximum Gasteiger partial charge on any atom is 0.128 e. The molecule has 0 spiro atoms. The molecule has 0 aromatic carbocycles. The number of pyridine rings is 1. The van der Waals surface area contributed by atoms with E-state index in [0.717, 1.165) is 37.7 Å². The molecule has 1 saturated heterocycles. The first-order chi connectivity index (χ1) is 6.36. The molecule has 1 radical (unpaired) electrons. The topological polar surface area (TPSA) is 30.2 Å². The maximum absolute atomic E-state index is 4.48. The number of anilines is 1. The number of piperazine rings is 1. The van der Waals surface area contributed by atoms with Gasteiger partial charge in [-0.2, -0.15) is 0 Å². The van der Waals surface area contributed by atoms with Crippen LogP contribution in [0.15, 0.2) is 18.2 Å². The van der Waals surface area contributed by atoms with Gasteiger partial charge >= 0.3 is 0 Å². The van der Waals surface area contributed by atoms with Gasteiger partial charge in [-0.1, -0.05) is 6.07 Å². The Bertz CT molecular complexity index is 279. The second-order valence-electron chi connectivity index (χ2n) is 3.30. The van der Waals surface area contributed by atoms with Gasteiger partial charge in [0.1, 0.15) is 5.82 Å². The highest BCUT2D eigenvalue weighted by atomic mass is 15.2. The average molecular weight is 176 g/mol. The van der Waals surface area contributed by atoms with Crippen molar-refractivity contribution in [1.82, 2.24) is 10.3 Å². The van der Waals surface area contributed by atoms with Gasteiger partial charge in [-0.25, -0.2) is 10.3 Å². The Balaban J connectivity index is 2.14. The van der Waals surface area contributed by atoms with Gasteiger partial charge < -0.3 is 4.90 Å². The van der Waals surface area contributed by atoms with Crippen LogP contribution in [0.25, 0.3) is 0 Å². The summed E-state index contributed by atoms with van der Waals surface area (Å²) in [5, 5.41) is 4.31. The van der Waals surface area contributed by atoms with Gasteiger partial charge in [-0.15, -0.1) is 0 Å². The van der Waals surface area contributed by atoms with Crippen molar-refractivity contribution in [3.63, 3.8) is 0 Å². The minimum atomic E-state index is 0.940. The first kappa shape index (κ1) is 8.51. The predicted octanol–water partition coefficient (Wildman–Crippen LogP) is 0.814. The van der Waals surface area contributed by atoms with Crippen molar-refractivity contribution in [2.24, 2.45) is 0 Å². The Kier molecular flexibility index (Phi) is 2.45. The van der Waals surface area contributed by atoms with Crippen LogP contribution >= 0.6 is 0 Å². The number of hydrogen-bond acceptors (Lipinski definition) is 2. The molecule has 0 unspecified atom stereocenters. The number of hydrogen-bond donors (Lipinski definition) is 0. The lowest BCUT2D eigenvalue weighted by molar-refractivity contribution is 0.575. The molecule has 2 heterocycles. The van der Waals surface area contributed by atoms with Crippen LogP contribution in [-0.2, 0) is 0 Å². The predicted molar refractivity (Wildman–Crippen MR) is 53.1 cm³/mol. The molecule has 0 N–H and O–H groups in total. The van der Waals surface area contributed by atoms with Gasteiger partial charge in [0.15, 0.2) is 0 Å². The Morgan fingerprint density at radius 3 is 2.69 bits per heavy atom. The Labute approximate surface area is 78.8 Å². The molecule has 0 atom stereocenters. The van der Waals surface area contributed by atoms with E-state index in [2.05, 4.69) is 27.3 Å². The molecule has 0 bridgehead atoms. The van der Waals surface area contributed by atoms with Gasteiger partial charge in [0.05, 0.1) is 0 Å². The summed E-state index contributed by atoms with van der Waals surface area (Å²) >= 11 is 0. The minimum Gasteiger partial charge on any atom is -0.354 e. The zero-order valence-corrected chi connectivity index (χ0v) is 7.90. The third-order valence-corrected chi connectivity index (χ3v) is 2.25. The molecule has 0 amide bonds. The molecule has 1 aliphatic rings. The van der Waals surface area contributed by atoms with Gasteiger partial charge in [0.2, 0.25) is 0 Å². The van der Waals surface area contributed by atoms with Gasteiger partial charge in [-0.3, -0.25) is 0 Å². The summed E-state index contributed by atoms with van der Waals surface area (Å²) in [4.78, 5) is 6.77. The van der Waals surface area contributed by atoms with E-state index in [1.807, 2.05) is 13.0 Å². The van der Waals surface area contributed by atoms with E-state index in [0.29, 0.717) is 0 Å². The van der Waals surface area contributed by atoms with Crippen LogP contribution in [0.1, 0.15) is 5.69 Å². The van der Waals surface area contributed by atoms with E-state index in [4.69, 9.17) is 0 Å². The van der Waals surface area contributed by atoms with Crippen molar-refractivity contribution in [3.05, 3.63) is 23.9 Å². The van der Waals surface area contributed by atoms with Crippen LogP contribution in [0.2, 0.25) is 0 Å². The minimum absolute atomic E-state index is 0.940. The molecule has 0 saturated carbocycles. The molecule has 1 aliphatic heterocycles. The summed E-state index contributed by atoms with van der Waals surface area (Å²) in [6.45, 7) is 5.93. The van der Waals surface area contributed by atoms with Crippen molar-refractivity contribution in [1.29, 1.82) is 0 Å². The Hall–Kier alpha value is -1.09. The van der Waals surface area contributed by atoms with Crippen molar-refractivity contribution in [2.75, 3.05) is 31.1 Å². The molecule has 1 aromatic heterocycles. The van der Waals surface area contributed by atoms with Crippen LogP contribution in [0.5, 0.6) is 0 Å². The van der Waals surface area contributed by atoms with Gasteiger partial charge in [0, 0.05) is 31.9 Å². The van der Waals surface area contributed by atoms with Crippen LogP contribution in [0, 0.1) is 6.92 Å². The molecular weight excluding hydrogens is 162 g/mol. The normalized spacial score (nSPS) is 17.5. The summed E-state index contributed by atoms with van der Waals surface area (Å²) in [5.41, 5.74) is 1.08. The highest BCUT2D eigenvalue weighted by Crippen LogP contribution is 2.11. The monoisotopic (exact) mass is 176 g/mol. The Morgan fingerprint density at radius 1 is 1.23 bits per heavy atom. The van der Waals surface area contributed by atoms with Crippen molar-refractivity contribution in [2.45, 2.75) is 6.92 Å². The molecule has 1 fully saturated rings. The summed E-state index contributed by atoms with van der Waals surface area (Å²) in [6.07, 6.45) is 0. The summed E-state index contributed by atoms with van der Waals surface area (Å²) in [6, 6.07) is 6.15. The fourth-order valence-corrected chi connectivity index (χ4v) is 1.54. The van der Waals surface area contributed by atoms with E-state index >= 15 is 0 Å². The average Bonchev–Trinajstić information content (AvgIpc) is 2.19. The SMILES string of the molecule is Cc1cccc(N2CC[N]CC2)n1. The number of aryl methyl sites for hydroxylation is 1. The number of rotatable bonds is 1. The zero-order valence-electron chi connectivity index (χ0n) is 7.90. The third-order valence-electron chi connectivity index (χ3n) is 2.25. The molecule has 3 nitrogen and oxygen atoms in total. The maximum atomic E-state index is 4.48. The Morgan fingerprint density at radius 2 is 2.00 bits per heavy atom. The standard InChI is InChI=1S/C10H14N3/c1-9-3-2-4-10(12-9)13-7-5-11-6-8-13/h2-4H,5-8H2,1H3. The smallest absolute Gasteiger partial charge is 0.128 e.